The second-order valence-electron chi connectivity index (χ2n) is 5.90. The number of esters is 1. The average Bonchev–Trinajstić information content (AvgIpc) is 3.09. The predicted molar refractivity (Wildman–Crippen MR) is 106 cm³/mol. The number of aromatic nitrogens is 3. The van der Waals surface area contributed by atoms with Gasteiger partial charge in [-0.2, -0.15) is 0 Å². The molecular formula is C20H15N3O3S. The maximum atomic E-state index is 12.1. The van der Waals surface area contributed by atoms with Gasteiger partial charge < -0.3 is 9.72 Å². The van der Waals surface area contributed by atoms with Crippen molar-refractivity contribution >= 4 is 44.5 Å². The monoisotopic (exact) mass is 377 g/mol. The van der Waals surface area contributed by atoms with E-state index in [-0.39, 0.29) is 5.56 Å². The fourth-order valence-corrected chi connectivity index (χ4v) is 3.54. The van der Waals surface area contributed by atoms with Crippen LogP contribution in [-0.2, 0) is 9.53 Å². The second-order valence-corrected chi connectivity index (χ2v) is 6.96. The summed E-state index contributed by atoms with van der Waals surface area (Å²) in [5.41, 5.74) is 1.19. The number of carbonyl (C=O) groups is 1. The van der Waals surface area contributed by atoms with Gasteiger partial charge in [0, 0.05) is 6.08 Å². The fraction of sp³-hybridized carbons (Fsp3) is 0.100. The Kier molecular flexibility index (Phi) is 4.52. The third-order valence-corrected chi connectivity index (χ3v) is 4.98. The first-order valence-electron chi connectivity index (χ1n) is 8.33. The Labute approximate surface area is 158 Å². The van der Waals surface area contributed by atoms with Crippen molar-refractivity contribution in [1.82, 2.24) is 15.0 Å². The Bertz CT molecular complexity index is 1190. The SMILES string of the molecule is C[C@@H](OC(=O)/C=C/c1nc2ccccc2s1)c1nc2ccccc2c(=O)[nH]1. The average molecular weight is 377 g/mol. The lowest BCUT2D eigenvalue weighted by molar-refractivity contribution is -0.142. The molecule has 0 aliphatic rings. The van der Waals surface area contributed by atoms with E-state index in [4.69, 9.17) is 4.74 Å². The van der Waals surface area contributed by atoms with Crippen molar-refractivity contribution < 1.29 is 9.53 Å². The van der Waals surface area contributed by atoms with E-state index < -0.39 is 12.1 Å². The summed E-state index contributed by atoms with van der Waals surface area (Å²) < 4.78 is 6.41. The molecule has 2 aromatic heterocycles. The van der Waals surface area contributed by atoms with Crippen LogP contribution in [0.1, 0.15) is 23.9 Å². The van der Waals surface area contributed by atoms with Crippen molar-refractivity contribution in [3.63, 3.8) is 0 Å². The van der Waals surface area contributed by atoms with Crippen molar-refractivity contribution in [2.75, 3.05) is 0 Å². The molecule has 0 aliphatic heterocycles. The topological polar surface area (TPSA) is 84.9 Å². The highest BCUT2D eigenvalue weighted by molar-refractivity contribution is 7.19. The van der Waals surface area contributed by atoms with E-state index in [1.54, 1.807) is 37.3 Å². The van der Waals surface area contributed by atoms with Crippen LogP contribution in [0.25, 0.3) is 27.2 Å². The lowest BCUT2D eigenvalue weighted by atomic mass is 10.2. The molecule has 0 fully saturated rings. The van der Waals surface area contributed by atoms with Gasteiger partial charge in [-0.25, -0.2) is 14.8 Å². The first kappa shape index (κ1) is 17.1. The summed E-state index contributed by atoms with van der Waals surface area (Å²) in [5.74, 6) is -0.224. The van der Waals surface area contributed by atoms with E-state index in [2.05, 4.69) is 15.0 Å². The molecular weight excluding hydrogens is 362 g/mol. The van der Waals surface area contributed by atoms with E-state index in [0.717, 1.165) is 15.2 Å². The van der Waals surface area contributed by atoms with Crippen molar-refractivity contribution in [1.29, 1.82) is 0 Å². The van der Waals surface area contributed by atoms with Crippen LogP contribution in [0.3, 0.4) is 0 Å². The highest BCUT2D eigenvalue weighted by Gasteiger charge is 2.14. The number of hydrogen-bond acceptors (Lipinski definition) is 6. The van der Waals surface area contributed by atoms with Gasteiger partial charge in [-0.3, -0.25) is 4.79 Å². The molecule has 0 amide bonds. The quantitative estimate of drug-likeness (QED) is 0.431. The molecule has 134 valence electrons. The van der Waals surface area contributed by atoms with Gasteiger partial charge in [-0.15, -0.1) is 11.3 Å². The largest absolute Gasteiger partial charge is 0.451 e. The molecule has 0 spiro atoms. The predicted octanol–water partition coefficient (Wildman–Crippen LogP) is 3.85. The number of aromatic amines is 1. The molecule has 7 heteroatoms. The Morgan fingerprint density at radius 3 is 2.67 bits per heavy atom. The molecule has 0 bridgehead atoms. The first-order chi connectivity index (χ1) is 13.1. The molecule has 27 heavy (non-hydrogen) atoms. The molecule has 4 rings (SSSR count). The summed E-state index contributed by atoms with van der Waals surface area (Å²) in [7, 11) is 0. The lowest BCUT2D eigenvalue weighted by Crippen LogP contribution is -2.16. The van der Waals surface area contributed by atoms with E-state index in [1.807, 2.05) is 24.3 Å². The number of ether oxygens (including phenoxy) is 1. The summed E-state index contributed by atoms with van der Waals surface area (Å²) in [4.78, 5) is 35.7. The van der Waals surface area contributed by atoms with Crippen LogP contribution in [0.15, 0.2) is 59.4 Å². The van der Waals surface area contributed by atoms with E-state index in [0.29, 0.717) is 16.7 Å². The van der Waals surface area contributed by atoms with Gasteiger partial charge in [0.1, 0.15) is 5.01 Å². The van der Waals surface area contributed by atoms with Crippen molar-refractivity contribution in [2.45, 2.75) is 13.0 Å². The van der Waals surface area contributed by atoms with Crippen molar-refractivity contribution in [3.05, 3.63) is 75.8 Å². The van der Waals surface area contributed by atoms with Crippen LogP contribution in [0.4, 0.5) is 0 Å². The molecule has 2 aromatic carbocycles. The number of benzene rings is 2. The van der Waals surface area contributed by atoms with E-state index in [9.17, 15) is 9.59 Å². The number of rotatable bonds is 4. The third-order valence-electron chi connectivity index (χ3n) is 3.98. The Morgan fingerprint density at radius 2 is 1.85 bits per heavy atom. The molecule has 0 aliphatic carbocycles. The number of hydrogen-bond donors (Lipinski definition) is 1. The standard InChI is InChI=1S/C20H15N3O3S/c1-12(19-22-14-7-3-2-6-13(14)20(25)23-19)26-18(24)11-10-17-21-15-8-4-5-9-16(15)27-17/h2-12H,1H3,(H,22,23,25)/b11-10+/t12-/m1/s1. The van der Waals surface area contributed by atoms with Crippen LogP contribution >= 0.6 is 11.3 Å². The van der Waals surface area contributed by atoms with Crippen LogP contribution in [0.5, 0.6) is 0 Å². The third kappa shape index (κ3) is 3.63. The maximum Gasteiger partial charge on any atom is 0.331 e. The summed E-state index contributed by atoms with van der Waals surface area (Å²) in [6, 6.07) is 14.8. The molecule has 6 nitrogen and oxygen atoms in total. The summed E-state index contributed by atoms with van der Waals surface area (Å²) in [6.07, 6.45) is 2.26. The molecule has 2 heterocycles. The molecule has 0 unspecified atom stereocenters. The fourth-order valence-electron chi connectivity index (χ4n) is 2.67. The Hall–Kier alpha value is -3.32. The number of carbonyl (C=O) groups excluding carboxylic acids is 1. The van der Waals surface area contributed by atoms with E-state index in [1.165, 1.54) is 17.4 Å². The number of nitrogens with zero attached hydrogens (tertiary/aromatic N) is 2. The van der Waals surface area contributed by atoms with Gasteiger partial charge in [0.15, 0.2) is 11.9 Å². The Balaban J connectivity index is 1.49. The zero-order valence-corrected chi connectivity index (χ0v) is 15.2. The Morgan fingerprint density at radius 1 is 1.11 bits per heavy atom. The highest BCUT2D eigenvalue weighted by atomic mass is 32.1. The van der Waals surface area contributed by atoms with Crippen LogP contribution < -0.4 is 5.56 Å². The summed E-state index contributed by atoms with van der Waals surface area (Å²) >= 11 is 1.49. The molecule has 0 saturated heterocycles. The van der Waals surface area contributed by atoms with Crippen LogP contribution in [-0.4, -0.2) is 20.9 Å². The van der Waals surface area contributed by atoms with Gasteiger partial charge in [0.2, 0.25) is 0 Å². The molecule has 4 aromatic rings. The van der Waals surface area contributed by atoms with Gasteiger partial charge >= 0.3 is 5.97 Å². The van der Waals surface area contributed by atoms with Crippen LogP contribution in [0.2, 0.25) is 0 Å². The minimum atomic E-state index is -0.685. The minimum Gasteiger partial charge on any atom is -0.451 e. The minimum absolute atomic E-state index is 0.261. The van der Waals surface area contributed by atoms with Gasteiger partial charge in [-0.1, -0.05) is 24.3 Å². The van der Waals surface area contributed by atoms with Crippen molar-refractivity contribution in [3.8, 4) is 0 Å². The van der Waals surface area contributed by atoms with Gasteiger partial charge in [0.25, 0.3) is 5.56 Å². The normalized spacial score (nSPS) is 12.6. The number of H-pyrrole nitrogens is 1. The van der Waals surface area contributed by atoms with Crippen LogP contribution in [0, 0.1) is 0 Å². The number of para-hydroxylation sites is 2. The molecule has 1 N–H and O–H groups in total. The van der Waals surface area contributed by atoms with Gasteiger partial charge in [0.05, 0.1) is 21.1 Å². The molecule has 1 atom stereocenters. The molecule has 0 saturated carbocycles. The van der Waals surface area contributed by atoms with Gasteiger partial charge in [-0.05, 0) is 37.3 Å². The summed E-state index contributed by atoms with van der Waals surface area (Å²) in [5, 5.41) is 1.22. The lowest BCUT2D eigenvalue weighted by Gasteiger charge is -2.11. The molecule has 0 radical (unpaired) electrons. The van der Waals surface area contributed by atoms with E-state index >= 15 is 0 Å². The van der Waals surface area contributed by atoms with Crippen molar-refractivity contribution in [2.24, 2.45) is 0 Å². The number of thiazole rings is 1. The highest BCUT2D eigenvalue weighted by Crippen LogP contribution is 2.22. The zero-order valence-electron chi connectivity index (χ0n) is 14.4. The smallest absolute Gasteiger partial charge is 0.331 e. The second kappa shape index (κ2) is 7.13. The first-order valence-corrected chi connectivity index (χ1v) is 9.15. The summed E-state index contributed by atoms with van der Waals surface area (Å²) in [6.45, 7) is 1.66. The number of nitrogens with one attached hydrogen (secondary N) is 1. The zero-order chi connectivity index (χ0) is 18.8. The maximum absolute atomic E-state index is 12.1. The number of fused-ring (bicyclic) bond motifs is 2.